The maximum absolute atomic E-state index is 12.0. The highest BCUT2D eigenvalue weighted by Gasteiger charge is 2.08. The summed E-state index contributed by atoms with van der Waals surface area (Å²) in [5.41, 5.74) is 2.03. The van der Waals surface area contributed by atoms with Gasteiger partial charge in [0.1, 0.15) is 0 Å². The molecule has 2 heteroatoms. The van der Waals surface area contributed by atoms with E-state index in [9.17, 15) is 4.79 Å². The van der Waals surface area contributed by atoms with Crippen LogP contribution in [0.2, 0.25) is 0 Å². The molecule has 0 saturated heterocycles. The average Bonchev–Trinajstić information content (AvgIpc) is 2.39. The van der Waals surface area contributed by atoms with Gasteiger partial charge in [-0.2, -0.15) is 0 Å². The van der Waals surface area contributed by atoms with Crippen LogP contribution in [0.4, 0.5) is 0 Å². The second-order valence-electron chi connectivity index (χ2n) is 3.55. The molecule has 0 fully saturated rings. The Morgan fingerprint density at radius 1 is 0.938 bits per heavy atom. The Morgan fingerprint density at radius 2 is 1.62 bits per heavy atom. The maximum atomic E-state index is 12.0. The topological polar surface area (TPSA) is 37.3 Å². The van der Waals surface area contributed by atoms with E-state index < -0.39 is 0 Å². The number of ketones is 1. The lowest BCUT2D eigenvalue weighted by Gasteiger charge is -2.02. The predicted octanol–water partition coefficient (Wildman–Crippen LogP) is 2.41. The van der Waals surface area contributed by atoms with E-state index in [1.165, 1.54) is 0 Å². The summed E-state index contributed by atoms with van der Waals surface area (Å²) in [6.07, 6.45) is 0. The molecule has 0 unspecified atom stereocenters. The van der Waals surface area contributed by atoms with E-state index in [1.807, 2.05) is 18.2 Å². The van der Waals surface area contributed by atoms with Gasteiger partial charge < -0.3 is 5.11 Å². The standard InChI is InChI=1S/C14H12O2/c15-10-11-5-4-8-13(9-11)14(16)12-6-2-1-3-7-12/h1-9,15H,10H2. The second-order valence-corrected chi connectivity index (χ2v) is 3.55. The van der Waals surface area contributed by atoms with Crippen LogP contribution in [0.15, 0.2) is 54.6 Å². The van der Waals surface area contributed by atoms with Crippen molar-refractivity contribution in [1.82, 2.24) is 0 Å². The highest BCUT2D eigenvalue weighted by Crippen LogP contribution is 2.11. The molecule has 0 bridgehead atoms. The molecule has 0 aliphatic carbocycles. The molecule has 0 saturated carbocycles. The Morgan fingerprint density at radius 3 is 2.31 bits per heavy atom. The van der Waals surface area contributed by atoms with Gasteiger partial charge >= 0.3 is 0 Å². The first-order valence-corrected chi connectivity index (χ1v) is 5.11. The van der Waals surface area contributed by atoms with Crippen molar-refractivity contribution in [3.63, 3.8) is 0 Å². The molecular weight excluding hydrogens is 200 g/mol. The molecule has 1 N–H and O–H groups in total. The molecule has 0 heterocycles. The zero-order valence-corrected chi connectivity index (χ0v) is 8.76. The van der Waals surface area contributed by atoms with Gasteiger partial charge in [0.05, 0.1) is 6.61 Å². The summed E-state index contributed by atoms with van der Waals surface area (Å²) < 4.78 is 0. The molecule has 0 spiro atoms. The molecule has 0 aliphatic heterocycles. The molecule has 0 aromatic heterocycles. The third-order valence-electron chi connectivity index (χ3n) is 2.41. The van der Waals surface area contributed by atoms with Crippen LogP contribution in [-0.2, 0) is 6.61 Å². The lowest BCUT2D eigenvalue weighted by Crippen LogP contribution is -2.01. The van der Waals surface area contributed by atoms with E-state index >= 15 is 0 Å². The third kappa shape index (κ3) is 2.18. The summed E-state index contributed by atoms with van der Waals surface area (Å²) in [6.45, 7) is -0.0457. The number of carbonyl (C=O) groups is 1. The third-order valence-corrected chi connectivity index (χ3v) is 2.41. The number of carbonyl (C=O) groups excluding carboxylic acids is 1. The van der Waals surface area contributed by atoms with E-state index in [0.717, 1.165) is 5.56 Å². The molecule has 0 amide bonds. The van der Waals surface area contributed by atoms with E-state index in [0.29, 0.717) is 11.1 Å². The Hall–Kier alpha value is -1.93. The summed E-state index contributed by atoms with van der Waals surface area (Å²) in [7, 11) is 0. The van der Waals surface area contributed by atoms with E-state index in [2.05, 4.69) is 0 Å². The van der Waals surface area contributed by atoms with E-state index in [-0.39, 0.29) is 12.4 Å². The first kappa shape index (κ1) is 10.6. The van der Waals surface area contributed by atoms with Crippen LogP contribution in [-0.4, -0.2) is 10.9 Å². The van der Waals surface area contributed by atoms with Crippen LogP contribution in [0.1, 0.15) is 21.5 Å². The fourth-order valence-electron chi connectivity index (χ4n) is 1.57. The van der Waals surface area contributed by atoms with Crippen molar-refractivity contribution in [3.05, 3.63) is 71.3 Å². The predicted molar refractivity (Wildman–Crippen MR) is 62.2 cm³/mol. The van der Waals surface area contributed by atoms with E-state index in [1.54, 1.807) is 36.4 Å². The Balaban J connectivity index is 2.34. The van der Waals surface area contributed by atoms with Crippen molar-refractivity contribution in [2.24, 2.45) is 0 Å². The zero-order chi connectivity index (χ0) is 11.4. The SMILES string of the molecule is O=C(c1ccccc1)c1cccc(CO)c1. The highest BCUT2D eigenvalue weighted by molar-refractivity contribution is 6.09. The maximum Gasteiger partial charge on any atom is 0.193 e. The minimum absolute atomic E-state index is 0.0177. The Bertz CT molecular complexity index is 489. The van der Waals surface area contributed by atoms with Crippen LogP contribution in [0.5, 0.6) is 0 Å². The van der Waals surface area contributed by atoms with E-state index in [4.69, 9.17) is 5.11 Å². The monoisotopic (exact) mass is 212 g/mol. The number of aliphatic hydroxyl groups is 1. The summed E-state index contributed by atoms with van der Waals surface area (Å²) >= 11 is 0. The van der Waals surface area contributed by atoms with Crippen molar-refractivity contribution in [1.29, 1.82) is 0 Å². The van der Waals surface area contributed by atoms with Crippen molar-refractivity contribution in [3.8, 4) is 0 Å². The fraction of sp³-hybridized carbons (Fsp3) is 0.0714. The molecule has 0 aliphatic rings. The van der Waals surface area contributed by atoms with Crippen molar-refractivity contribution in [2.75, 3.05) is 0 Å². The van der Waals surface area contributed by atoms with Gasteiger partial charge in [-0.25, -0.2) is 0 Å². The molecule has 80 valence electrons. The normalized spacial score (nSPS) is 10.1. The van der Waals surface area contributed by atoms with Crippen molar-refractivity contribution in [2.45, 2.75) is 6.61 Å². The fourth-order valence-corrected chi connectivity index (χ4v) is 1.57. The Labute approximate surface area is 94.2 Å². The van der Waals surface area contributed by atoms with Crippen LogP contribution in [0, 0.1) is 0 Å². The van der Waals surface area contributed by atoms with Gasteiger partial charge in [-0.3, -0.25) is 4.79 Å². The lowest BCUT2D eigenvalue weighted by atomic mass is 10.0. The lowest BCUT2D eigenvalue weighted by molar-refractivity contribution is 0.103. The molecule has 2 rings (SSSR count). The zero-order valence-electron chi connectivity index (χ0n) is 8.76. The molecule has 0 atom stereocenters. The molecule has 2 aromatic rings. The van der Waals surface area contributed by atoms with Crippen molar-refractivity contribution >= 4 is 5.78 Å². The minimum Gasteiger partial charge on any atom is -0.392 e. The van der Waals surface area contributed by atoms with Crippen molar-refractivity contribution < 1.29 is 9.90 Å². The summed E-state index contributed by atoms with van der Waals surface area (Å²) in [6, 6.07) is 16.2. The largest absolute Gasteiger partial charge is 0.392 e. The molecule has 0 radical (unpaired) electrons. The Kier molecular flexibility index (Phi) is 3.13. The van der Waals surface area contributed by atoms with Gasteiger partial charge in [-0.15, -0.1) is 0 Å². The van der Waals surface area contributed by atoms with Crippen LogP contribution in [0.25, 0.3) is 0 Å². The number of rotatable bonds is 3. The van der Waals surface area contributed by atoms with Gasteiger partial charge in [0, 0.05) is 11.1 Å². The molecule has 2 nitrogen and oxygen atoms in total. The van der Waals surface area contributed by atoms with Gasteiger partial charge in [0.25, 0.3) is 0 Å². The molecule has 2 aromatic carbocycles. The number of aliphatic hydroxyl groups excluding tert-OH is 1. The molecular formula is C14H12O2. The highest BCUT2D eigenvalue weighted by atomic mass is 16.3. The second kappa shape index (κ2) is 4.73. The van der Waals surface area contributed by atoms with Gasteiger partial charge in [0.2, 0.25) is 0 Å². The summed E-state index contributed by atoms with van der Waals surface area (Å²) in [5.74, 6) is -0.0177. The van der Waals surface area contributed by atoms with Crippen LogP contribution >= 0.6 is 0 Å². The quantitative estimate of drug-likeness (QED) is 0.793. The summed E-state index contributed by atoms with van der Waals surface area (Å²) in [4.78, 5) is 12.0. The summed E-state index contributed by atoms with van der Waals surface area (Å²) in [5, 5.41) is 9.00. The van der Waals surface area contributed by atoms with Crippen LogP contribution in [0.3, 0.4) is 0 Å². The number of hydrogen-bond donors (Lipinski definition) is 1. The number of hydrogen-bond acceptors (Lipinski definition) is 2. The molecule has 16 heavy (non-hydrogen) atoms. The van der Waals surface area contributed by atoms with Gasteiger partial charge in [-0.05, 0) is 11.6 Å². The van der Waals surface area contributed by atoms with Crippen LogP contribution < -0.4 is 0 Å². The average molecular weight is 212 g/mol. The first-order chi connectivity index (χ1) is 7.81. The van der Waals surface area contributed by atoms with Gasteiger partial charge in [0.15, 0.2) is 5.78 Å². The number of benzene rings is 2. The first-order valence-electron chi connectivity index (χ1n) is 5.11. The minimum atomic E-state index is -0.0457. The van der Waals surface area contributed by atoms with Gasteiger partial charge in [-0.1, -0.05) is 48.5 Å². The smallest absolute Gasteiger partial charge is 0.193 e.